The number of likely N-dealkylation sites (tertiary alicyclic amines) is 1. The van der Waals surface area contributed by atoms with Gasteiger partial charge in [-0.3, -0.25) is 9.59 Å². The van der Waals surface area contributed by atoms with Crippen molar-refractivity contribution in [2.45, 2.75) is 52.9 Å². The number of rotatable bonds is 11. The van der Waals surface area contributed by atoms with Crippen LogP contribution in [-0.4, -0.2) is 44.9 Å². The molecular weight excluding hydrogens is 462 g/mol. The maximum atomic E-state index is 12.5. The van der Waals surface area contributed by atoms with Crippen molar-refractivity contribution in [3.05, 3.63) is 72.1 Å². The van der Waals surface area contributed by atoms with Crippen molar-refractivity contribution in [3.63, 3.8) is 0 Å². The van der Waals surface area contributed by atoms with Gasteiger partial charge in [0.05, 0.1) is 5.92 Å². The molecule has 6 nitrogen and oxygen atoms in total. The predicted octanol–water partition coefficient (Wildman–Crippen LogP) is 5.90. The molecule has 1 amide bonds. The number of aryl methyl sites for hydroxylation is 1. The van der Waals surface area contributed by atoms with Crippen LogP contribution in [-0.2, 0) is 22.4 Å². The molecule has 4 rings (SSSR count). The lowest BCUT2D eigenvalue weighted by Gasteiger charge is -2.38. The average molecular weight is 500 g/mol. The number of carbonyl (C=O) groups is 2. The van der Waals surface area contributed by atoms with Gasteiger partial charge in [-0.25, -0.2) is 9.97 Å². The highest BCUT2D eigenvalue weighted by molar-refractivity contribution is 5.82. The van der Waals surface area contributed by atoms with Crippen LogP contribution in [0.25, 0.3) is 22.5 Å². The second-order valence-corrected chi connectivity index (χ2v) is 10.7. The van der Waals surface area contributed by atoms with Crippen molar-refractivity contribution in [2.75, 3.05) is 13.1 Å². The van der Waals surface area contributed by atoms with Gasteiger partial charge in [-0.15, -0.1) is 0 Å². The summed E-state index contributed by atoms with van der Waals surface area (Å²) < 4.78 is 0. The maximum Gasteiger partial charge on any atom is 0.310 e. The summed E-state index contributed by atoms with van der Waals surface area (Å²) in [7, 11) is 0. The Balaban J connectivity index is 1.30. The van der Waals surface area contributed by atoms with Gasteiger partial charge >= 0.3 is 5.97 Å². The summed E-state index contributed by atoms with van der Waals surface area (Å²) in [5, 5.41) is 9.01. The Morgan fingerprint density at radius 1 is 0.865 bits per heavy atom. The minimum Gasteiger partial charge on any atom is -0.481 e. The lowest BCUT2D eigenvalue weighted by atomic mass is 9.94. The van der Waals surface area contributed by atoms with Crippen LogP contribution in [0.15, 0.2) is 60.9 Å². The van der Waals surface area contributed by atoms with Gasteiger partial charge < -0.3 is 10.0 Å². The lowest BCUT2D eigenvalue weighted by molar-refractivity contribution is -0.154. The number of aliphatic carboxylic acids is 1. The van der Waals surface area contributed by atoms with Crippen molar-refractivity contribution >= 4 is 11.9 Å². The smallest absolute Gasteiger partial charge is 0.310 e. The molecule has 3 aromatic rings. The van der Waals surface area contributed by atoms with Crippen LogP contribution in [0, 0.1) is 17.8 Å². The first kappa shape index (κ1) is 26.5. The molecule has 0 radical (unpaired) electrons. The summed E-state index contributed by atoms with van der Waals surface area (Å²) in [6.45, 7) is 7.07. The fraction of sp³-hybridized carbons (Fsp3) is 0.419. The summed E-state index contributed by atoms with van der Waals surface area (Å²) in [4.78, 5) is 34.3. The van der Waals surface area contributed by atoms with E-state index >= 15 is 0 Å². The molecule has 1 saturated heterocycles. The highest BCUT2D eigenvalue weighted by Crippen LogP contribution is 2.24. The molecule has 6 heteroatoms. The van der Waals surface area contributed by atoms with Crippen molar-refractivity contribution in [3.8, 4) is 22.5 Å². The number of hydrogen-bond donors (Lipinski definition) is 1. The molecule has 0 unspecified atom stereocenters. The zero-order valence-electron chi connectivity index (χ0n) is 22.1. The van der Waals surface area contributed by atoms with E-state index in [1.807, 2.05) is 43.6 Å². The molecule has 0 spiro atoms. The molecule has 0 saturated carbocycles. The Bertz CT molecular complexity index is 1180. The van der Waals surface area contributed by atoms with Crippen molar-refractivity contribution in [1.29, 1.82) is 0 Å². The molecule has 0 bridgehead atoms. The number of carbonyl (C=O) groups excluding carboxylic acids is 1. The predicted molar refractivity (Wildman–Crippen MR) is 146 cm³/mol. The number of carboxylic acids is 1. The van der Waals surface area contributed by atoms with E-state index in [9.17, 15) is 9.59 Å². The molecule has 1 aliphatic heterocycles. The fourth-order valence-corrected chi connectivity index (χ4v) is 4.73. The van der Waals surface area contributed by atoms with E-state index in [-0.39, 0.29) is 11.8 Å². The first-order chi connectivity index (χ1) is 17.8. The van der Waals surface area contributed by atoms with Gasteiger partial charge in [0.15, 0.2) is 5.82 Å². The van der Waals surface area contributed by atoms with Crippen molar-refractivity contribution in [1.82, 2.24) is 14.9 Å². The number of hydrogen-bond acceptors (Lipinski definition) is 4. The van der Waals surface area contributed by atoms with Gasteiger partial charge in [0.1, 0.15) is 0 Å². The van der Waals surface area contributed by atoms with Crippen LogP contribution < -0.4 is 0 Å². The maximum absolute atomic E-state index is 12.5. The average Bonchev–Trinajstić information content (AvgIpc) is 2.86. The highest BCUT2D eigenvalue weighted by Gasteiger charge is 2.37. The third-order valence-electron chi connectivity index (χ3n) is 7.15. The van der Waals surface area contributed by atoms with Crippen molar-refractivity contribution in [2.24, 2.45) is 17.8 Å². The Morgan fingerprint density at radius 2 is 1.46 bits per heavy atom. The highest BCUT2D eigenvalue weighted by atomic mass is 16.4. The molecule has 1 aromatic heterocycles. The monoisotopic (exact) mass is 499 g/mol. The summed E-state index contributed by atoms with van der Waals surface area (Å²) in [5.74, 6) is 0.00661. The van der Waals surface area contributed by atoms with Gasteiger partial charge in [-0.05, 0) is 41.9 Å². The van der Waals surface area contributed by atoms with Gasteiger partial charge in [-0.1, -0.05) is 82.1 Å². The minimum absolute atomic E-state index is 0.0136. The topological polar surface area (TPSA) is 83.4 Å². The van der Waals surface area contributed by atoms with Crippen LogP contribution in [0.4, 0.5) is 0 Å². The number of benzene rings is 2. The molecule has 1 atom stereocenters. The quantitative estimate of drug-likeness (QED) is 0.332. The number of nitrogens with zero attached hydrogens (tertiary/aromatic N) is 3. The van der Waals surface area contributed by atoms with Crippen LogP contribution in [0.1, 0.15) is 51.2 Å². The van der Waals surface area contributed by atoms with Gasteiger partial charge in [-0.2, -0.15) is 0 Å². The first-order valence-corrected chi connectivity index (χ1v) is 13.3. The SMILES string of the molecule is CC(C)CCCCc1ccc(-c2cnc(-c3ccc(C[C@H](C)C(=O)N4CC(C(=O)O)C4)cc3)nc2)cc1. The second-order valence-electron chi connectivity index (χ2n) is 10.7. The number of carboxylic acid groups (broad SMARTS) is 1. The van der Waals surface area contributed by atoms with E-state index in [4.69, 9.17) is 5.11 Å². The Hall–Kier alpha value is -3.54. The third kappa shape index (κ3) is 7.03. The molecule has 0 aliphatic carbocycles. The molecule has 194 valence electrons. The molecule has 2 aromatic carbocycles. The number of amides is 1. The second kappa shape index (κ2) is 12.1. The zero-order chi connectivity index (χ0) is 26.4. The molecule has 2 heterocycles. The van der Waals surface area contributed by atoms with Crippen LogP contribution in [0.2, 0.25) is 0 Å². The molecule has 1 N–H and O–H groups in total. The van der Waals surface area contributed by atoms with E-state index in [2.05, 4.69) is 48.1 Å². The summed E-state index contributed by atoms with van der Waals surface area (Å²) in [5.41, 5.74) is 5.47. The number of unbranched alkanes of at least 4 members (excludes halogenated alkanes) is 1. The van der Waals surface area contributed by atoms with Crippen LogP contribution >= 0.6 is 0 Å². The lowest BCUT2D eigenvalue weighted by Crippen LogP contribution is -2.54. The van der Waals surface area contributed by atoms with Crippen molar-refractivity contribution < 1.29 is 14.7 Å². The fourth-order valence-electron chi connectivity index (χ4n) is 4.73. The normalized spacial score (nSPS) is 14.4. The van der Waals surface area contributed by atoms with Crippen LogP contribution in [0.5, 0.6) is 0 Å². The summed E-state index contributed by atoms with van der Waals surface area (Å²) in [6.07, 6.45) is 9.27. The minimum atomic E-state index is -0.830. The van der Waals surface area contributed by atoms with E-state index in [1.165, 1.54) is 24.8 Å². The number of aromatic nitrogens is 2. The van der Waals surface area contributed by atoms with E-state index in [0.717, 1.165) is 34.6 Å². The molecule has 1 aliphatic rings. The summed E-state index contributed by atoms with van der Waals surface area (Å²) >= 11 is 0. The molecular formula is C31H37N3O3. The summed E-state index contributed by atoms with van der Waals surface area (Å²) in [6, 6.07) is 16.7. The largest absolute Gasteiger partial charge is 0.481 e. The van der Waals surface area contributed by atoms with E-state index in [1.54, 1.807) is 4.90 Å². The van der Waals surface area contributed by atoms with Gasteiger partial charge in [0.2, 0.25) is 5.91 Å². The Morgan fingerprint density at radius 3 is 2.05 bits per heavy atom. The standard InChI is InChI=1S/C31H37N3O3/c1-21(2)6-4-5-7-23-8-12-25(13-9-23)27-17-32-29(33-18-27)26-14-10-24(11-15-26)16-22(3)30(35)34-19-28(20-34)31(36)37/h8-15,17-18,21-22,28H,4-7,16,19-20H2,1-3H3,(H,36,37)/t22-/m0/s1. The van der Waals surface area contributed by atoms with E-state index < -0.39 is 11.9 Å². The van der Waals surface area contributed by atoms with Gasteiger partial charge in [0.25, 0.3) is 0 Å². The molecule has 37 heavy (non-hydrogen) atoms. The third-order valence-corrected chi connectivity index (χ3v) is 7.15. The van der Waals surface area contributed by atoms with E-state index in [0.29, 0.717) is 25.3 Å². The Labute approximate surface area is 219 Å². The van der Waals surface area contributed by atoms with Crippen LogP contribution in [0.3, 0.4) is 0 Å². The first-order valence-electron chi connectivity index (χ1n) is 13.3. The van der Waals surface area contributed by atoms with Gasteiger partial charge in [0, 0.05) is 42.5 Å². The Kier molecular flexibility index (Phi) is 8.70. The molecule has 1 fully saturated rings. The zero-order valence-corrected chi connectivity index (χ0v) is 22.1.